The van der Waals surface area contributed by atoms with Gasteiger partial charge in [-0.15, -0.1) is 0 Å². The molecule has 1 aliphatic rings. The van der Waals surface area contributed by atoms with Crippen molar-refractivity contribution in [2.75, 3.05) is 0 Å². The Labute approximate surface area is 149 Å². The maximum Gasteiger partial charge on any atom is 0.186 e. The Morgan fingerprint density at radius 2 is 1.84 bits per heavy atom. The van der Waals surface area contributed by atoms with Gasteiger partial charge >= 0.3 is 0 Å². The Hall–Kier alpha value is -2.00. The normalized spacial score (nSPS) is 18.0. The lowest BCUT2D eigenvalue weighted by Crippen LogP contribution is -2.44. The summed E-state index contributed by atoms with van der Waals surface area (Å²) in [4.78, 5) is 13.2. The van der Waals surface area contributed by atoms with Crippen LogP contribution < -0.4 is 0 Å². The molecule has 0 amide bonds. The lowest BCUT2D eigenvalue weighted by Gasteiger charge is -2.39. The van der Waals surface area contributed by atoms with E-state index in [2.05, 4.69) is 0 Å². The fourth-order valence-corrected chi connectivity index (χ4v) is 4.11. The number of fused-ring (bicyclic) bond motifs is 1. The van der Waals surface area contributed by atoms with Crippen LogP contribution in [0.25, 0.3) is 10.8 Å². The fraction of sp³-hybridized carbons (Fsp3) is 0.409. The summed E-state index contributed by atoms with van der Waals surface area (Å²) in [5, 5.41) is 21.7. The summed E-state index contributed by atoms with van der Waals surface area (Å²) >= 11 is 0. The second-order valence-electron chi connectivity index (χ2n) is 7.12. The third kappa shape index (κ3) is 3.52. The standard InChI is InChI=1S/C22H26NO2/c1-2-9-19(23)21(24)20(22(25)14-6-3-7-15-22)18-13-8-11-16-10-4-5-12-17(16)18/h2,4-5,8,10-13,20,23,25H,3,6-7,9,14-15H2,1H3. The average Bonchev–Trinajstić information content (AvgIpc) is 2.62. The third-order valence-corrected chi connectivity index (χ3v) is 5.36. The summed E-state index contributed by atoms with van der Waals surface area (Å²) in [5.41, 5.74) is -0.118. The number of aliphatic hydroxyl groups is 1. The van der Waals surface area contributed by atoms with Crippen molar-refractivity contribution in [3.8, 4) is 0 Å². The third-order valence-electron chi connectivity index (χ3n) is 5.36. The van der Waals surface area contributed by atoms with Crippen LogP contribution in [0.15, 0.2) is 42.5 Å². The van der Waals surface area contributed by atoms with Gasteiger partial charge in [-0.2, -0.15) is 0 Å². The van der Waals surface area contributed by atoms with E-state index >= 15 is 0 Å². The predicted molar refractivity (Wildman–Crippen MR) is 102 cm³/mol. The van der Waals surface area contributed by atoms with E-state index in [1.807, 2.05) is 55.8 Å². The minimum Gasteiger partial charge on any atom is -0.389 e. The van der Waals surface area contributed by atoms with Gasteiger partial charge in [0.25, 0.3) is 0 Å². The summed E-state index contributed by atoms with van der Waals surface area (Å²) < 4.78 is 0. The van der Waals surface area contributed by atoms with Gasteiger partial charge in [0.15, 0.2) is 5.78 Å². The molecule has 1 fully saturated rings. The Balaban J connectivity index is 2.13. The van der Waals surface area contributed by atoms with Crippen molar-refractivity contribution in [2.24, 2.45) is 0 Å². The highest BCUT2D eigenvalue weighted by atomic mass is 16.3. The van der Waals surface area contributed by atoms with Crippen molar-refractivity contribution in [2.45, 2.75) is 57.0 Å². The first-order chi connectivity index (χ1) is 12.1. The van der Waals surface area contributed by atoms with Crippen LogP contribution in [0.3, 0.4) is 0 Å². The lowest BCUT2D eigenvalue weighted by molar-refractivity contribution is -0.122. The number of rotatable bonds is 6. The van der Waals surface area contributed by atoms with E-state index in [1.165, 1.54) is 0 Å². The van der Waals surface area contributed by atoms with Gasteiger partial charge in [-0.1, -0.05) is 68.7 Å². The van der Waals surface area contributed by atoms with Crippen LogP contribution in [-0.2, 0) is 4.79 Å². The number of benzene rings is 2. The van der Waals surface area contributed by atoms with Gasteiger partial charge < -0.3 is 10.5 Å². The van der Waals surface area contributed by atoms with Crippen molar-refractivity contribution in [1.29, 1.82) is 5.41 Å². The molecular formula is C22H26NO2. The number of carbonyl (C=O) groups excluding carboxylic acids is 1. The van der Waals surface area contributed by atoms with Crippen LogP contribution in [0.4, 0.5) is 0 Å². The lowest BCUT2D eigenvalue weighted by atomic mass is 9.69. The average molecular weight is 336 g/mol. The van der Waals surface area contributed by atoms with Crippen LogP contribution in [0.1, 0.15) is 56.9 Å². The number of ketones is 1. The van der Waals surface area contributed by atoms with Crippen LogP contribution in [0.5, 0.6) is 0 Å². The molecule has 0 saturated heterocycles. The topological polar surface area (TPSA) is 61.2 Å². The summed E-state index contributed by atoms with van der Waals surface area (Å²) in [6.45, 7) is 1.85. The molecule has 3 heteroatoms. The molecule has 0 aliphatic heterocycles. The minimum absolute atomic E-state index is 0.0828. The molecule has 0 spiro atoms. The van der Waals surface area contributed by atoms with Crippen LogP contribution in [-0.4, -0.2) is 22.2 Å². The molecular weight excluding hydrogens is 310 g/mol. The first-order valence-electron chi connectivity index (χ1n) is 9.16. The van der Waals surface area contributed by atoms with E-state index in [0.29, 0.717) is 19.3 Å². The molecule has 25 heavy (non-hydrogen) atoms. The maximum absolute atomic E-state index is 13.2. The Kier molecular flexibility index (Phi) is 5.33. The molecule has 2 N–H and O–H groups in total. The largest absolute Gasteiger partial charge is 0.389 e. The highest BCUT2D eigenvalue weighted by Crippen LogP contribution is 2.42. The van der Waals surface area contributed by atoms with Crippen molar-refractivity contribution in [3.63, 3.8) is 0 Å². The summed E-state index contributed by atoms with van der Waals surface area (Å²) in [7, 11) is 0. The second kappa shape index (κ2) is 7.49. The molecule has 1 radical (unpaired) electrons. The van der Waals surface area contributed by atoms with Crippen LogP contribution in [0.2, 0.25) is 0 Å². The summed E-state index contributed by atoms with van der Waals surface area (Å²) in [5.74, 6) is -0.898. The van der Waals surface area contributed by atoms with E-state index in [1.54, 1.807) is 0 Å². The van der Waals surface area contributed by atoms with Gasteiger partial charge in [-0.05, 0) is 42.0 Å². The molecule has 2 aromatic rings. The van der Waals surface area contributed by atoms with Gasteiger partial charge in [-0.25, -0.2) is 0 Å². The number of Topliss-reactive ketones (excluding diaryl/α,β-unsaturated/α-hetero) is 1. The van der Waals surface area contributed by atoms with Crippen molar-refractivity contribution in [1.82, 2.24) is 0 Å². The maximum atomic E-state index is 13.2. The van der Waals surface area contributed by atoms with Crippen molar-refractivity contribution >= 4 is 22.3 Å². The van der Waals surface area contributed by atoms with E-state index < -0.39 is 11.5 Å². The first-order valence-corrected chi connectivity index (χ1v) is 9.16. The van der Waals surface area contributed by atoms with Crippen molar-refractivity contribution in [3.05, 3.63) is 54.4 Å². The molecule has 2 aromatic carbocycles. The monoisotopic (exact) mass is 336 g/mol. The Bertz CT molecular complexity index is 769. The van der Waals surface area contributed by atoms with Gasteiger partial charge in [0.05, 0.1) is 17.2 Å². The zero-order valence-corrected chi connectivity index (χ0v) is 14.8. The molecule has 0 heterocycles. The predicted octanol–water partition coefficient (Wildman–Crippen LogP) is 4.82. The smallest absolute Gasteiger partial charge is 0.186 e. The molecule has 3 rings (SSSR count). The van der Waals surface area contributed by atoms with E-state index in [0.717, 1.165) is 35.6 Å². The van der Waals surface area contributed by atoms with Crippen LogP contribution >= 0.6 is 0 Å². The first kappa shape index (κ1) is 17.8. The number of hydrogen-bond donors (Lipinski definition) is 2. The highest BCUT2D eigenvalue weighted by molar-refractivity contribution is 6.41. The molecule has 1 aliphatic carbocycles. The Morgan fingerprint density at radius 1 is 1.16 bits per heavy atom. The van der Waals surface area contributed by atoms with E-state index in [4.69, 9.17) is 5.41 Å². The number of carbonyl (C=O) groups is 1. The van der Waals surface area contributed by atoms with E-state index in [-0.39, 0.29) is 11.5 Å². The second-order valence-corrected chi connectivity index (χ2v) is 7.12. The zero-order chi connectivity index (χ0) is 17.9. The van der Waals surface area contributed by atoms with E-state index in [9.17, 15) is 9.90 Å². The van der Waals surface area contributed by atoms with Crippen LogP contribution in [0, 0.1) is 11.8 Å². The summed E-state index contributed by atoms with van der Waals surface area (Å²) in [6, 6.07) is 13.9. The Morgan fingerprint density at radius 3 is 2.56 bits per heavy atom. The van der Waals surface area contributed by atoms with Gasteiger partial charge in [-0.3, -0.25) is 4.79 Å². The molecule has 1 saturated carbocycles. The fourth-order valence-electron chi connectivity index (χ4n) is 4.11. The SMILES string of the molecule is C[CH]CC(=N)C(=O)C(c1cccc2ccccc12)C1(O)CCCCC1. The quantitative estimate of drug-likeness (QED) is 0.743. The minimum atomic E-state index is -1.06. The molecule has 0 bridgehead atoms. The molecule has 131 valence electrons. The van der Waals surface area contributed by atoms with Gasteiger partial charge in [0.2, 0.25) is 0 Å². The molecule has 3 nitrogen and oxygen atoms in total. The van der Waals surface area contributed by atoms with Crippen molar-refractivity contribution < 1.29 is 9.90 Å². The van der Waals surface area contributed by atoms with Gasteiger partial charge in [0.1, 0.15) is 0 Å². The zero-order valence-electron chi connectivity index (χ0n) is 14.8. The van der Waals surface area contributed by atoms with Gasteiger partial charge in [0, 0.05) is 0 Å². The summed E-state index contributed by atoms with van der Waals surface area (Å²) in [6.07, 6.45) is 6.36. The molecule has 1 unspecified atom stereocenters. The molecule has 1 atom stereocenters. The molecule has 0 aromatic heterocycles. The number of hydrogen-bond acceptors (Lipinski definition) is 3. The highest BCUT2D eigenvalue weighted by Gasteiger charge is 2.44. The number of nitrogens with one attached hydrogen (secondary N) is 1.